The van der Waals surface area contributed by atoms with Gasteiger partial charge in [0.25, 0.3) is 0 Å². The fourth-order valence-corrected chi connectivity index (χ4v) is 4.50. The molecule has 4 heterocycles. The van der Waals surface area contributed by atoms with Gasteiger partial charge in [0, 0.05) is 18.2 Å². The number of nitrogens with two attached hydrogens (primary N) is 1. The normalized spacial score (nSPS) is 16.4. The third kappa shape index (κ3) is 5.29. The maximum atomic E-state index is 11.3. The molecule has 1 saturated heterocycles. The van der Waals surface area contributed by atoms with Crippen LogP contribution in [0.4, 0.5) is 5.95 Å². The van der Waals surface area contributed by atoms with Crippen molar-refractivity contribution in [2.24, 2.45) is 5.92 Å². The Morgan fingerprint density at radius 2 is 1.97 bits per heavy atom. The minimum absolute atomic E-state index is 0.0116. The summed E-state index contributed by atoms with van der Waals surface area (Å²) in [5.41, 5.74) is 10.6. The van der Waals surface area contributed by atoms with Crippen LogP contribution in [-0.4, -0.2) is 59.0 Å². The van der Waals surface area contributed by atoms with E-state index in [0.29, 0.717) is 42.2 Å². The summed E-state index contributed by atoms with van der Waals surface area (Å²) in [6.45, 7) is 3.72. The molecule has 1 aliphatic heterocycles. The molecule has 3 N–H and O–H groups in total. The highest BCUT2D eigenvalue weighted by Crippen LogP contribution is 2.27. The third-order valence-electron chi connectivity index (χ3n) is 6.53. The van der Waals surface area contributed by atoms with Gasteiger partial charge < -0.3 is 10.8 Å². The molecule has 0 unspecified atom stereocenters. The van der Waals surface area contributed by atoms with Gasteiger partial charge in [-0.1, -0.05) is 23.4 Å². The summed E-state index contributed by atoms with van der Waals surface area (Å²) in [7, 11) is 0. The number of aromatic nitrogens is 6. The lowest BCUT2D eigenvalue weighted by Gasteiger charge is -2.23. The monoisotopic (exact) mass is 495 g/mol. The lowest BCUT2D eigenvalue weighted by atomic mass is 10.1. The van der Waals surface area contributed by atoms with Gasteiger partial charge in [0.05, 0.1) is 53.1 Å². The molecular weight excluding hydrogens is 470 g/mol. The topological polar surface area (TPSA) is 160 Å². The number of carbonyl (C=O) groups is 1. The number of hydrogen-bond acceptors (Lipinski definition) is 9. The van der Waals surface area contributed by atoms with Gasteiger partial charge in [-0.3, -0.25) is 14.7 Å². The van der Waals surface area contributed by atoms with Crippen molar-refractivity contribution < 1.29 is 9.90 Å². The Morgan fingerprint density at radius 3 is 2.76 bits per heavy atom. The molecule has 0 spiro atoms. The van der Waals surface area contributed by atoms with Crippen LogP contribution >= 0.6 is 0 Å². The molecule has 0 bridgehead atoms. The van der Waals surface area contributed by atoms with Crippen LogP contribution < -0.4 is 5.73 Å². The van der Waals surface area contributed by atoms with E-state index < -0.39 is 5.97 Å². The summed E-state index contributed by atoms with van der Waals surface area (Å²) >= 11 is 0. The molecule has 0 aliphatic carbocycles. The number of carboxylic acids is 1. The van der Waals surface area contributed by atoms with Gasteiger partial charge in [0.2, 0.25) is 5.95 Å². The first-order valence-corrected chi connectivity index (χ1v) is 11.9. The van der Waals surface area contributed by atoms with E-state index >= 15 is 0 Å². The number of likely N-dealkylation sites (tertiary alicyclic amines) is 1. The van der Waals surface area contributed by atoms with Gasteiger partial charge in [-0.15, -0.1) is 5.10 Å². The standard InChI is InChI=1S/C26H25N9O2/c1-16(34-9-8-19(13-34)25(36)37)21-7-3-6-20(29-21)14-35-15-24(32-33-35)23-11-22(30-26(28)31-23)18-5-2-4-17(10-18)12-27/h2-7,10-11,15-16,19H,8-9,13-14H2,1H3,(H,36,37)(H2,28,30,31)/t16-,19-/m1/s1. The van der Waals surface area contributed by atoms with Crippen LogP contribution in [0.25, 0.3) is 22.6 Å². The molecule has 3 aromatic heterocycles. The number of anilines is 1. The van der Waals surface area contributed by atoms with Gasteiger partial charge in [-0.2, -0.15) is 5.26 Å². The molecular formula is C26H25N9O2. The molecule has 0 amide bonds. The van der Waals surface area contributed by atoms with Crippen molar-refractivity contribution in [2.45, 2.75) is 25.9 Å². The molecule has 1 aromatic carbocycles. The predicted molar refractivity (Wildman–Crippen MR) is 135 cm³/mol. The summed E-state index contributed by atoms with van der Waals surface area (Å²) in [5.74, 6) is -0.975. The average molecular weight is 496 g/mol. The first kappa shape index (κ1) is 24.0. The summed E-state index contributed by atoms with van der Waals surface area (Å²) in [6, 6.07) is 16.8. The highest BCUT2D eigenvalue weighted by atomic mass is 16.4. The Morgan fingerprint density at radius 1 is 1.16 bits per heavy atom. The van der Waals surface area contributed by atoms with Crippen LogP contribution in [0, 0.1) is 17.2 Å². The van der Waals surface area contributed by atoms with Crippen LogP contribution in [0.1, 0.15) is 36.3 Å². The number of carboxylic acid groups (broad SMARTS) is 1. The second-order valence-corrected chi connectivity index (χ2v) is 9.04. The molecule has 1 aliphatic rings. The molecule has 11 nitrogen and oxygen atoms in total. The van der Waals surface area contributed by atoms with E-state index in [2.05, 4.69) is 31.2 Å². The summed E-state index contributed by atoms with van der Waals surface area (Å²) in [4.78, 5) is 26.9. The number of rotatable bonds is 7. The largest absolute Gasteiger partial charge is 0.481 e. The Labute approximate surface area is 213 Å². The van der Waals surface area contributed by atoms with Crippen LogP contribution in [0.15, 0.2) is 54.7 Å². The van der Waals surface area contributed by atoms with E-state index in [1.165, 1.54) is 0 Å². The van der Waals surface area contributed by atoms with Crippen LogP contribution in [0.5, 0.6) is 0 Å². The Hall–Kier alpha value is -4.69. The quantitative estimate of drug-likeness (QED) is 0.390. The highest BCUT2D eigenvalue weighted by molar-refractivity contribution is 5.70. The number of benzene rings is 1. The zero-order valence-electron chi connectivity index (χ0n) is 20.2. The minimum Gasteiger partial charge on any atom is -0.481 e. The van der Waals surface area contributed by atoms with E-state index in [9.17, 15) is 15.2 Å². The maximum Gasteiger partial charge on any atom is 0.307 e. The number of nitriles is 1. The van der Waals surface area contributed by atoms with Crippen LogP contribution in [-0.2, 0) is 11.3 Å². The van der Waals surface area contributed by atoms with Crippen molar-refractivity contribution in [1.29, 1.82) is 5.26 Å². The molecule has 0 radical (unpaired) electrons. The summed E-state index contributed by atoms with van der Waals surface area (Å²) in [5, 5.41) is 27.0. The van der Waals surface area contributed by atoms with Crippen molar-refractivity contribution in [3.05, 3.63) is 71.7 Å². The van der Waals surface area contributed by atoms with Crippen LogP contribution in [0.2, 0.25) is 0 Å². The molecule has 4 aromatic rings. The van der Waals surface area contributed by atoms with Crippen molar-refractivity contribution in [3.63, 3.8) is 0 Å². The van der Waals surface area contributed by atoms with E-state index in [1.54, 1.807) is 35.1 Å². The number of hydrogen-bond donors (Lipinski definition) is 2. The van der Waals surface area contributed by atoms with E-state index in [1.807, 2.05) is 31.2 Å². The molecule has 0 saturated carbocycles. The minimum atomic E-state index is -0.744. The SMILES string of the molecule is C[C@H](c1cccc(Cn2cc(-c3cc(-c4cccc(C#N)c4)nc(N)n3)nn2)n1)N1CC[C@@H](C(=O)O)C1. The lowest BCUT2D eigenvalue weighted by Crippen LogP contribution is -2.27. The lowest BCUT2D eigenvalue weighted by molar-refractivity contribution is -0.141. The predicted octanol–water partition coefficient (Wildman–Crippen LogP) is 2.77. The highest BCUT2D eigenvalue weighted by Gasteiger charge is 2.31. The molecule has 11 heteroatoms. The van der Waals surface area contributed by atoms with Gasteiger partial charge >= 0.3 is 5.97 Å². The molecule has 5 rings (SSSR count). The molecule has 37 heavy (non-hydrogen) atoms. The zero-order chi connectivity index (χ0) is 25.9. The smallest absolute Gasteiger partial charge is 0.307 e. The number of nitrogens with zero attached hydrogens (tertiary/aromatic N) is 8. The Balaban J connectivity index is 1.33. The first-order valence-electron chi connectivity index (χ1n) is 11.9. The summed E-state index contributed by atoms with van der Waals surface area (Å²) in [6.07, 6.45) is 2.42. The Kier molecular flexibility index (Phi) is 6.57. The fourth-order valence-electron chi connectivity index (χ4n) is 4.50. The molecule has 1 fully saturated rings. The van der Waals surface area contributed by atoms with E-state index in [-0.39, 0.29) is 17.9 Å². The Bertz CT molecular complexity index is 1490. The van der Waals surface area contributed by atoms with Gasteiger partial charge in [0.15, 0.2) is 0 Å². The molecule has 2 atom stereocenters. The summed E-state index contributed by atoms with van der Waals surface area (Å²) < 4.78 is 1.68. The van der Waals surface area contributed by atoms with Gasteiger partial charge in [-0.05, 0) is 50.2 Å². The number of aliphatic carboxylic acids is 1. The first-order chi connectivity index (χ1) is 17.9. The average Bonchev–Trinajstić information content (AvgIpc) is 3.59. The zero-order valence-corrected chi connectivity index (χ0v) is 20.2. The van der Waals surface area contributed by atoms with Crippen LogP contribution in [0.3, 0.4) is 0 Å². The molecule has 186 valence electrons. The van der Waals surface area contributed by atoms with E-state index in [0.717, 1.165) is 23.5 Å². The van der Waals surface area contributed by atoms with Gasteiger partial charge in [0.1, 0.15) is 5.69 Å². The van der Waals surface area contributed by atoms with E-state index in [4.69, 9.17) is 10.7 Å². The fraction of sp³-hybridized carbons (Fsp3) is 0.269. The maximum absolute atomic E-state index is 11.3. The second-order valence-electron chi connectivity index (χ2n) is 9.04. The van der Waals surface area contributed by atoms with Crippen molar-refractivity contribution in [1.82, 2.24) is 34.8 Å². The van der Waals surface area contributed by atoms with Crippen molar-refractivity contribution in [3.8, 4) is 28.7 Å². The number of nitrogen functional groups attached to an aromatic ring is 1. The third-order valence-corrected chi connectivity index (χ3v) is 6.53. The number of pyridine rings is 1. The van der Waals surface area contributed by atoms with Crippen molar-refractivity contribution >= 4 is 11.9 Å². The second kappa shape index (κ2) is 10.1. The van der Waals surface area contributed by atoms with Crippen molar-refractivity contribution in [2.75, 3.05) is 18.8 Å². The van der Waals surface area contributed by atoms with Gasteiger partial charge in [-0.25, -0.2) is 14.6 Å².